The van der Waals surface area contributed by atoms with Crippen molar-refractivity contribution >= 4 is 11.5 Å². The number of halogens is 3. The fourth-order valence-electron chi connectivity index (χ4n) is 2.98. The number of carbonyl (C=O) groups is 1. The lowest BCUT2D eigenvalue weighted by atomic mass is 9.87. The van der Waals surface area contributed by atoms with E-state index in [0.29, 0.717) is 35.6 Å². The second-order valence-corrected chi connectivity index (χ2v) is 7.79. The van der Waals surface area contributed by atoms with Crippen molar-refractivity contribution in [3.05, 3.63) is 42.5 Å². The highest BCUT2D eigenvalue weighted by atomic mass is 19.4. The molecule has 3 rings (SSSR count). The number of ketones is 1. The first kappa shape index (κ1) is 20.0. The Kier molecular flexibility index (Phi) is 5.28. The number of ether oxygens (including phenoxy) is 2. The Morgan fingerprint density at radius 2 is 1.89 bits per heavy atom. The second-order valence-electron chi connectivity index (χ2n) is 7.79. The molecule has 0 fully saturated rings. The van der Waals surface area contributed by atoms with Crippen LogP contribution in [0.25, 0.3) is 11.1 Å². The Hall–Kier alpha value is -2.70. The maximum Gasteiger partial charge on any atom is 0.573 e. The molecule has 2 aromatic carbocycles. The van der Waals surface area contributed by atoms with E-state index in [1.54, 1.807) is 18.2 Å². The second kappa shape index (κ2) is 7.37. The van der Waals surface area contributed by atoms with Gasteiger partial charge >= 0.3 is 6.36 Å². The highest BCUT2D eigenvalue weighted by molar-refractivity contribution is 5.85. The highest BCUT2D eigenvalue weighted by Gasteiger charge is 2.31. The first-order valence-electron chi connectivity index (χ1n) is 8.95. The summed E-state index contributed by atoms with van der Waals surface area (Å²) in [5.41, 5.74) is 1.48. The number of alkyl halides is 3. The van der Waals surface area contributed by atoms with Crippen molar-refractivity contribution in [3.63, 3.8) is 0 Å². The number of hydrogen-bond donors (Lipinski definition) is 1. The average Bonchev–Trinajstić information content (AvgIpc) is 2.59. The number of para-hydroxylation sites is 1. The first-order chi connectivity index (χ1) is 13.0. The zero-order valence-corrected chi connectivity index (χ0v) is 15.9. The minimum absolute atomic E-state index is 0.130. The van der Waals surface area contributed by atoms with Gasteiger partial charge < -0.3 is 14.8 Å². The minimum Gasteiger partial charge on any atom is -0.489 e. The molecule has 2 aromatic rings. The van der Waals surface area contributed by atoms with Crippen molar-refractivity contribution < 1.29 is 27.4 Å². The van der Waals surface area contributed by atoms with Crippen molar-refractivity contribution in [2.24, 2.45) is 5.41 Å². The summed E-state index contributed by atoms with van der Waals surface area (Å²) >= 11 is 0. The number of carbonyl (C=O) groups excluding carboxylic acids is 1. The van der Waals surface area contributed by atoms with Crippen molar-refractivity contribution in [1.29, 1.82) is 0 Å². The summed E-state index contributed by atoms with van der Waals surface area (Å²) in [5.74, 6) is 0.386. The van der Waals surface area contributed by atoms with Gasteiger partial charge in [-0.1, -0.05) is 45.0 Å². The molecule has 1 aliphatic rings. The van der Waals surface area contributed by atoms with Gasteiger partial charge in [-0.2, -0.15) is 0 Å². The van der Waals surface area contributed by atoms with Gasteiger partial charge in [0, 0.05) is 17.4 Å². The van der Waals surface area contributed by atoms with Gasteiger partial charge in [0.05, 0.1) is 11.7 Å². The predicted octanol–water partition coefficient (Wildman–Crippen LogP) is 5.43. The number of Topliss-reactive ketones (excluding diaryl/α,β-unsaturated/α-hetero) is 1. The highest BCUT2D eigenvalue weighted by Crippen LogP contribution is 2.40. The summed E-state index contributed by atoms with van der Waals surface area (Å²) in [7, 11) is 0. The lowest BCUT2D eigenvalue weighted by Gasteiger charge is -2.30. The summed E-state index contributed by atoms with van der Waals surface area (Å²) in [6.07, 6.45) is -4.41. The van der Waals surface area contributed by atoms with Crippen molar-refractivity contribution in [2.75, 3.05) is 11.9 Å². The summed E-state index contributed by atoms with van der Waals surface area (Å²) < 4.78 is 47.4. The topological polar surface area (TPSA) is 47.6 Å². The molecule has 0 aliphatic carbocycles. The first-order valence-corrected chi connectivity index (χ1v) is 8.95. The molecule has 7 heteroatoms. The van der Waals surface area contributed by atoms with Crippen LogP contribution in [0.15, 0.2) is 42.5 Å². The normalized spacial score (nSPS) is 16.6. The summed E-state index contributed by atoms with van der Waals surface area (Å²) in [6.45, 7) is 5.92. The van der Waals surface area contributed by atoms with Gasteiger partial charge in [-0.05, 0) is 23.8 Å². The van der Waals surface area contributed by atoms with E-state index in [4.69, 9.17) is 4.74 Å². The minimum atomic E-state index is -4.75. The largest absolute Gasteiger partial charge is 0.573 e. The van der Waals surface area contributed by atoms with Crippen molar-refractivity contribution in [3.8, 4) is 22.6 Å². The molecule has 0 saturated heterocycles. The average molecular weight is 393 g/mol. The van der Waals surface area contributed by atoms with Crippen LogP contribution in [-0.4, -0.2) is 24.8 Å². The summed E-state index contributed by atoms with van der Waals surface area (Å²) in [6, 6.07) is 11.0. The van der Waals surface area contributed by atoms with Crippen LogP contribution in [0.4, 0.5) is 18.9 Å². The van der Waals surface area contributed by atoms with Crippen LogP contribution < -0.4 is 14.8 Å². The molecule has 0 saturated carbocycles. The molecule has 28 heavy (non-hydrogen) atoms. The van der Waals surface area contributed by atoms with Gasteiger partial charge in [0.25, 0.3) is 0 Å². The van der Waals surface area contributed by atoms with E-state index in [-0.39, 0.29) is 17.6 Å². The van der Waals surface area contributed by atoms with Crippen LogP contribution in [0.1, 0.15) is 27.2 Å². The van der Waals surface area contributed by atoms with Crippen LogP contribution in [0.5, 0.6) is 11.5 Å². The third-order valence-corrected chi connectivity index (χ3v) is 4.45. The SMILES string of the molecule is CC(C)(C)C(=O)CC1COc2c(cccc2-c2cccc(OC(F)(F)F)c2)N1. The summed E-state index contributed by atoms with van der Waals surface area (Å²) in [5, 5.41) is 3.31. The smallest absolute Gasteiger partial charge is 0.489 e. The van der Waals surface area contributed by atoms with Crippen LogP contribution in [-0.2, 0) is 4.79 Å². The van der Waals surface area contributed by atoms with E-state index < -0.39 is 11.8 Å². The molecule has 1 aliphatic heterocycles. The van der Waals surface area contributed by atoms with Crippen LogP contribution in [0.3, 0.4) is 0 Å². The number of nitrogens with one attached hydrogen (secondary N) is 1. The fourth-order valence-corrected chi connectivity index (χ4v) is 2.98. The molecule has 1 atom stereocenters. The third-order valence-electron chi connectivity index (χ3n) is 4.45. The Morgan fingerprint density at radius 3 is 2.57 bits per heavy atom. The molecule has 1 N–H and O–H groups in total. The third kappa shape index (κ3) is 4.77. The Morgan fingerprint density at radius 1 is 1.18 bits per heavy atom. The molecule has 1 heterocycles. The number of anilines is 1. The molecule has 0 spiro atoms. The molecule has 4 nitrogen and oxygen atoms in total. The summed E-state index contributed by atoms with van der Waals surface area (Å²) in [4.78, 5) is 12.3. The Labute approximate surface area is 161 Å². The van der Waals surface area contributed by atoms with Crippen molar-refractivity contribution in [2.45, 2.75) is 39.6 Å². The standard InChI is InChI=1S/C21H22F3NO3/c1-20(2,3)18(26)11-14-12-27-19-16(8-5-9-17(19)25-14)13-6-4-7-15(10-13)28-21(22,23)24/h4-10,14,25H,11-12H2,1-3H3. The van der Waals surface area contributed by atoms with Crippen LogP contribution in [0, 0.1) is 5.41 Å². The molecule has 0 amide bonds. The van der Waals surface area contributed by atoms with Gasteiger partial charge in [0.2, 0.25) is 0 Å². The van der Waals surface area contributed by atoms with Crippen LogP contribution in [0.2, 0.25) is 0 Å². The van der Waals surface area contributed by atoms with E-state index in [9.17, 15) is 18.0 Å². The molecular weight excluding hydrogens is 371 g/mol. The van der Waals surface area contributed by atoms with Gasteiger partial charge in [-0.25, -0.2) is 0 Å². The zero-order valence-electron chi connectivity index (χ0n) is 15.9. The zero-order chi connectivity index (χ0) is 20.5. The van der Waals surface area contributed by atoms with Gasteiger partial charge in [-0.3, -0.25) is 4.79 Å². The molecule has 0 aromatic heterocycles. The quantitative estimate of drug-likeness (QED) is 0.752. The lowest BCUT2D eigenvalue weighted by Crippen LogP contribution is -2.36. The van der Waals surface area contributed by atoms with Gasteiger partial charge in [0.1, 0.15) is 23.9 Å². The maximum atomic E-state index is 12.5. The van der Waals surface area contributed by atoms with E-state index >= 15 is 0 Å². The maximum absolute atomic E-state index is 12.5. The Balaban J connectivity index is 1.83. The molecule has 0 radical (unpaired) electrons. The monoisotopic (exact) mass is 393 g/mol. The van der Waals surface area contributed by atoms with Gasteiger partial charge in [-0.15, -0.1) is 13.2 Å². The number of hydrogen-bond acceptors (Lipinski definition) is 4. The van der Waals surface area contributed by atoms with Gasteiger partial charge in [0.15, 0.2) is 0 Å². The van der Waals surface area contributed by atoms with E-state index in [0.717, 1.165) is 0 Å². The number of rotatable bonds is 4. The number of fused-ring (bicyclic) bond motifs is 1. The van der Waals surface area contributed by atoms with E-state index in [2.05, 4.69) is 10.1 Å². The fraction of sp³-hybridized carbons (Fsp3) is 0.381. The van der Waals surface area contributed by atoms with E-state index in [1.165, 1.54) is 18.2 Å². The molecule has 0 bridgehead atoms. The molecule has 150 valence electrons. The molecular formula is C21H22F3NO3. The lowest BCUT2D eigenvalue weighted by molar-refractivity contribution is -0.274. The van der Waals surface area contributed by atoms with E-state index in [1.807, 2.05) is 26.8 Å². The number of benzene rings is 2. The van der Waals surface area contributed by atoms with Crippen molar-refractivity contribution in [1.82, 2.24) is 0 Å². The molecule has 1 unspecified atom stereocenters. The Bertz CT molecular complexity index is 872. The predicted molar refractivity (Wildman–Crippen MR) is 101 cm³/mol. The van der Waals surface area contributed by atoms with Crippen LogP contribution >= 0.6 is 0 Å².